The van der Waals surface area contributed by atoms with E-state index in [4.69, 9.17) is 14.2 Å². The van der Waals surface area contributed by atoms with Crippen molar-refractivity contribution in [2.45, 2.75) is 57.2 Å². The SMILES string of the molecule is CC1(C)Cc2cccc(OCC(=O)N3CCC4(CCc5ccccc5O4)CC3)c2O1. The van der Waals surface area contributed by atoms with Gasteiger partial charge in [0.1, 0.15) is 17.0 Å². The van der Waals surface area contributed by atoms with Crippen LogP contribution in [0.25, 0.3) is 0 Å². The van der Waals surface area contributed by atoms with Crippen molar-refractivity contribution in [3.63, 3.8) is 0 Å². The van der Waals surface area contributed by atoms with Gasteiger partial charge in [-0.05, 0) is 44.4 Å². The number of para-hydroxylation sites is 2. The van der Waals surface area contributed by atoms with Crippen molar-refractivity contribution in [2.24, 2.45) is 0 Å². The van der Waals surface area contributed by atoms with Gasteiger partial charge in [0.15, 0.2) is 18.1 Å². The fraction of sp³-hybridized carbons (Fsp3) is 0.480. The number of benzene rings is 2. The molecular formula is C25H29NO4. The van der Waals surface area contributed by atoms with E-state index in [0.29, 0.717) is 18.8 Å². The fourth-order valence-electron chi connectivity index (χ4n) is 4.90. The third-order valence-electron chi connectivity index (χ3n) is 6.58. The van der Waals surface area contributed by atoms with Gasteiger partial charge in [-0.15, -0.1) is 0 Å². The second-order valence-electron chi connectivity index (χ2n) is 9.35. The summed E-state index contributed by atoms with van der Waals surface area (Å²) in [6.45, 7) is 5.59. The maximum Gasteiger partial charge on any atom is 0.260 e. The van der Waals surface area contributed by atoms with Crippen LogP contribution in [-0.4, -0.2) is 41.7 Å². The monoisotopic (exact) mass is 407 g/mol. The fourth-order valence-corrected chi connectivity index (χ4v) is 4.90. The quantitative estimate of drug-likeness (QED) is 0.766. The summed E-state index contributed by atoms with van der Waals surface area (Å²) >= 11 is 0. The molecule has 1 fully saturated rings. The van der Waals surface area contributed by atoms with Crippen LogP contribution < -0.4 is 14.2 Å². The molecule has 1 amide bonds. The maximum absolute atomic E-state index is 12.8. The van der Waals surface area contributed by atoms with E-state index in [1.807, 2.05) is 23.1 Å². The predicted octanol–water partition coefficient (Wildman–Crippen LogP) is 4.17. The van der Waals surface area contributed by atoms with Crippen LogP contribution in [0.15, 0.2) is 42.5 Å². The minimum atomic E-state index is -0.231. The third kappa shape index (κ3) is 3.62. The van der Waals surface area contributed by atoms with Gasteiger partial charge in [0.2, 0.25) is 0 Å². The topological polar surface area (TPSA) is 48.0 Å². The third-order valence-corrected chi connectivity index (χ3v) is 6.58. The Morgan fingerprint density at radius 1 is 1.00 bits per heavy atom. The Morgan fingerprint density at radius 3 is 2.60 bits per heavy atom. The van der Waals surface area contributed by atoms with Gasteiger partial charge in [0.25, 0.3) is 5.91 Å². The molecule has 158 valence electrons. The first kappa shape index (κ1) is 19.3. The number of hydrogen-bond acceptors (Lipinski definition) is 4. The van der Waals surface area contributed by atoms with Crippen molar-refractivity contribution in [3.05, 3.63) is 53.6 Å². The van der Waals surface area contributed by atoms with E-state index in [2.05, 4.69) is 38.1 Å². The molecule has 5 heteroatoms. The molecule has 0 N–H and O–H groups in total. The molecule has 2 aromatic carbocycles. The smallest absolute Gasteiger partial charge is 0.260 e. The number of likely N-dealkylation sites (tertiary alicyclic amines) is 1. The van der Waals surface area contributed by atoms with Crippen molar-refractivity contribution in [1.29, 1.82) is 0 Å². The highest BCUT2D eigenvalue weighted by atomic mass is 16.5. The van der Waals surface area contributed by atoms with Crippen LogP contribution in [0.4, 0.5) is 0 Å². The van der Waals surface area contributed by atoms with Gasteiger partial charge in [0, 0.05) is 37.9 Å². The van der Waals surface area contributed by atoms with Gasteiger partial charge in [-0.3, -0.25) is 4.79 Å². The van der Waals surface area contributed by atoms with Gasteiger partial charge in [-0.1, -0.05) is 30.3 Å². The molecular weight excluding hydrogens is 378 g/mol. The Hall–Kier alpha value is -2.69. The number of ether oxygens (including phenoxy) is 3. The van der Waals surface area contributed by atoms with E-state index in [1.165, 1.54) is 5.56 Å². The second-order valence-corrected chi connectivity index (χ2v) is 9.35. The minimum absolute atomic E-state index is 0.0240. The lowest BCUT2D eigenvalue weighted by molar-refractivity contribution is -0.137. The molecule has 3 aliphatic rings. The number of carbonyl (C=O) groups excluding carboxylic acids is 1. The van der Waals surface area contributed by atoms with Crippen LogP contribution in [0.2, 0.25) is 0 Å². The van der Waals surface area contributed by atoms with Gasteiger partial charge >= 0.3 is 0 Å². The Bertz CT molecular complexity index is 959. The molecule has 0 bridgehead atoms. The van der Waals surface area contributed by atoms with Gasteiger partial charge in [-0.2, -0.15) is 0 Å². The molecule has 0 radical (unpaired) electrons. The minimum Gasteiger partial charge on any atom is -0.487 e. The molecule has 30 heavy (non-hydrogen) atoms. The molecule has 3 aliphatic heterocycles. The van der Waals surface area contributed by atoms with E-state index < -0.39 is 0 Å². The van der Waals surface area contributed by atoms with Crippen molar-refractivity contribution < 1.29 is 19.0 Å². The Balaban J connectivity index is 1.18. The first-order valence-electron chi connectivity index (χ1n) is 10.9. The number of aryl methyl sites for hydroxylation is 1. The van der Waals surface area contributed by atoms with Crippen molar-refractivity contribution in [2.75, 3.05) is 19.7 Å². The Morgan fingerprint density at radius 2 is 1.77 bits per heavy atom. The number of nitrogens with zero attached hydrogens (tertiary/aromatic N) is 1. The number of fused-ring (bicyclic) bond motifs is 2. The van der Waals surface area contributed by atoms with Gasteiger partial charge in [-0.25, -0.2) is 0 Å². The van der Waals surface area contributed by atoms with Crippen LogP contribution in [0, 0.1) is 0 Å². The van der Waals surface area contributed by atoms with Gasteiger partial charge < -0.3 is 19.1 Å². The number of hydrogen-bond donors (Lipinski definition) is 0. The van der Waals surface area contributed by atoms with E-state index in [-0.39, 0.29) is 23.7 Å². The first-order chi connectivity index (χ1) is 14.4. The number of piperidine rings is 1. The zero-order valence-corrected chi connectivity index (χ0v) is 17.8. The first-order valence-corrected chi connectivity index (χ1v) is 10.9. The summed E-state index contributed by atoms with van der Waals surface area (Å²) in [5, 5.41) is 0. The van der Waals surface area contributed by atoms with Crippen molar-refractivity contribution in [1.82, 2.24) is 4.90 Å². The zero-order chi connectivity index (χ0) is 20.8. The normalized spacial score (nSPS) is 20.7. The van der Waals surface area contributed by atoms with Crippen molar-refractivity contribution >= 4 is 5.91 Å². The van der Waals surface area contributed by atoms with E-state index in [1.54, 1.807) is 0 Å². The number of rotatable bonds is 3. The summed E-state index contributed by atoms with van der Waals surface area (Å²) in [6.07, 6.45) is 4.65. The van der Waals surface area contributed by atoms with E-state index in [0.717, 1.165) is 49.2 Å². The lowest BCUT2D eigenvalue weighted by Gasteiger charge is -2.44. The molecule has 5 rings (SSSR count). The Kier molecular flexibility index (Phi) is 4.64. The number of amides is 1. The van der Waals surface area contributed by atoms with Gasteiger partial charge in [0.05, 0.1) is 0 Å². The maximum atomic E-state index is 12.8. The molecule has 2 aromatic rings. The molecule has 5 nitrogen and oxygen atoms in total. The lowest BCUT2D eigenvalue weighted by Crippen LogP contribution is -2.52. The summed E-state index contributed by atoms with van der Waals surface area (Å²) in [4.78, 5) is 14.7. The molecule has 3 heterocycles. The van der Waals surface area contributed by atoms with E-state index in [9.17, 15) is 4.79 Å². The predicted molar refractivity (Wildman–Crippen MR) is 114 cm³/mol. The molecule has 0 atom stereocenters. The standard InChI is InChI=1S/C25H29NO4/c1-24(2)16-19-7-5-9-21(23(19)30-24)28-17-22(27)26-14-12-25(13-15-26)11-10-18-6-3-4-8-20(18)29-25/h3-9H,10-17H2,1-2H3. The summed E-state index contributed by atoms with van der Waals surface area (Å²) in [5.41, 5.74) is 2.06. The highest BCUT2D eigenvalue weighted by Gasteiger charge is 2.40. The summed E-state index contributed by atoms with van der Waals surface area (Å²) in [6, 6.07) is 14.2. The summed E-state index contributed by atoms with van der Waals surface area (Å²) in [5.74, 6) is 2.47. The van der Waals surface area contributed by atoms with Crippen LogP contribution >= 0.6 is 0 Å². The largest absolute Gasteiger partial charge is 0.487 e. The summed E-state index contributed by atoms with van der Waals surface area (Å²) in [7, 11) is 0. The molecule has 1 spiro atoms. The van der Waals surface area contributed by atoms with Crippen molar-refractivity contribution in [3.8, 4) is 17.2 Å². The van der Waals surface area contributed by atoms with E-state index >= 15 is 0 Å². The average molecular weight is 408 g/mol. The molecule has 0 saturated carbocycles. The molecule has 0 aliphatic carbocycles. The zero-order valence-electron chi connectivity index (χ0n) is 17.8. The highest BCUT2D eigenvalue weighted by molar-refractivity contribution is 5.78. The second kappa shape index (κ2) is 7.22. The van der Waals surface area contributed by atoms with Crippen LogP contribution in [0.3, 0.4) is 0 Å². The molecule has 1 saturated heterocycles. The summed E-state index contributed by atoms with van der Waals surface area (Å²) < 4.78 is 18.3. The molecule has 0 aromatic heterocycles. The van der Waals surface area contributed by atoms with Crippen LogP contribution in [-0.2, 0) is 17.6 Å². The van der Waals surface area contributed by atoms with Crippen LogP contribution in [0.1, 0.15) is 44.2 Å². The van der Waals surface area contributed by atoms with Crippen LogP contribution in [0.5, 0.6) is 17.2 Å². The molecule has 0 unspecified atom stereocenters. The lowest BCUT2D eigenvalue weighted by atomic mass is 9.83. The Labute approximate surface area is 177 Å². The average Bonchev–Trinajstić information content (AvgIpc) is 3.07. The highest BCUT2D eigenvalue weighted by Crippen LogP contribution is 2.42. The number of carbonyl (C=O) groups is 1.